The topological polar surface area (TPSA) is 78.0 Å². The fourth-order valence-corrected chi connectivity index (χ4v) is 3.83. The molecule has 0 atom stereocenters. The van der Waals surface area contributed by atoms with Crippen molar-refractivity contribution in [2.24, 2.45) is 4.99 Å². The molecule has 0 bridgehead atoms. The molecule has 0 radical (unpaired) electrons. The molecule has 0 spiro atoms. The Labute approximate surface area is 178 Å². The van der Waals surface area contributed by atoms with Crippen molar-refractivity contribution in [3.8, 4) is 0 Å². The van der Waals surface area contributed by atoms with Crippen LogP contribution in [0.1, 0.15) is 80.6 Å². The van der Waals surface area contributed by atoms with Crippen LogP contribution < -0.4 is 16.0 Å². The van der Waals surface area contributed by atoms with E-state index in [0.717, 1.165) is 51.2 Å². The lowest BCUT2D eigenvalue weighted by molar-refractivity contribution is 0.0490. The third-order valence-corrected chi connectivity index (χ3v) is 5.22. The van der Waals surface area contributed by atoms with E-state index >= 15 is 0 Å². The summed E-state index contributed by atoms with van der Waals surface area (Å²) in [7, 11) is 1.82. The van der Waals surface area contributed by atoms with Gasteiger partial charge in [0.2, 0.25) is 0 Å². The van der Waals surface area contributed by atoms with E-state index in [2.05, 4.69) is 53.5 Å². The van der Waals surface area contributed by atoms with E-state index in [9.17, 15) is 4.79 Å². The van der Waals surface area contributed by atoms with Gasteiger partial charge in [0.25, 0.3) is 0 Å². The molecule has 1 saturated carbocycles. The van der Waals surface area contributed by atoms with Crippen LogP contribution in [0.5, 0.6) is 0 Å². The Bertz CT molecular complexity index is 498. The molecule has 3 N–H and O–H groups in total. The van der Waals surface area contributed by atoms with Crippen molar-refractivity contribution in [1.29, 1.82) is 0 Å². The first kappa shape index (κ1) is 25.5. The molecule has 1 aliphatic carbocycles. The molecule has 0 aromatic carbocycles. The molecule has 0 heterocycles. The maximum absolute atomic E-state index is 11.9. The van der Waals surface area contributed by atoms with Gasteiger partial charge in [0, 0.05) is 44.3 Å². The van der Waals surface area contributed by atoms with E-state index in [0.29, 0.717) is 18.1 Å². The second-order valence-electron chi connectivity index (χ2n) is 9.62. The summed E-state index contributed by atoms with van der Waals surface area (Å²) in [6.07, 6.45) is 4.69. The Morgan fingerprint density at radius 1 is 1.03 bits per heavy atom. The molecular formula is C22H45N5O2. The summed E-state index contributed by atoms with van der Waals surface area (Å²) < 4.78 is 5.35. The van der Waals surface area contributed by atoms with Gasteiger partial charge in [0.1, 0.15) is 5.60 Å². The first-order chi connectivity index (χ1) is 13.5. The zero-order valence-corrected chi connectivity index (χ0v) is 20.0. The maximum atomic E-state index is 11.9. The van der Waals surface area contributed by atoms with Crippen LogP contribution in [0.15, 0.2) is 4.99 Å². The van der Waals surface area contributed by atoms with E-state index in [1.165, 1.54) is 0 Å². The number of amides is 1. The van der Waals surface area contributed by atoms with Crippen LogP contribution in [-0.4, -0.2) is 66.9 Å². The lowest BCUT2D eigenvalue weighted by atomic mass is 9.91. The highest BCUT2D eigenvalue weighted by Gasteiger charge is 2.25. The summed E-state index contributed by atoms with van der Waals surface area (Å²) in [6, 6.07) is 1.71. The molecule has 29 heavy (non-hydrogen) atoms. The quantitative estimate of drug-likeness (QED) is 0.324. The number of alkyl carbamates (subject to hydrolysis) is 1. The molecule has 170 valence electrons. The molecular weight excluding hydrogens is 366 g/mol. The fourth-order valence-electron chi connectivity index (χ4n) is 3.83. The summed E-state index contributed by atoms with van der Waals surface area (Å²) in [6.45, 7) is 16.7. The molecule has 0 aromatic heterocycles. The Morgan fingerprint density at radius 2 is 1.55 bits per heavy atom. The second-order valence-corrected chi connectivity index (χ2v) is 9.62. The minimum Gasteiger partial charge on any atom is -0.444 e. The van der Waals surface area contributed by atoms with Gasteiger partial charge in [-0.3, -0.25) is 9.89 Å². The van der Waals surface area contributed by atoms with Gasteiger partial charge in [-0.25, -0.2) is 4.79 Å². The Morgan fingerprint density at radius 3 is 2.00 bits per heavy atom. The van der Waals surface area contributed by atoms with Crippen molar-refractivity contribution in [1.82, 2.24) is 20.9 Å². The molecule has 7 nitrogen and oxygen atoms in total. The number of carbonyl (C=O) groups excluding carboxylic acids is 1. The zero-order valence-electron chi connectivity index (χ0n) is 20.0. The highest BCUT2D eigenvalue weighted by molar-refractivity contribution is 5.79. The van der Waals surface area contributed by atoms with Crippen LogP contribution in [0.3, 0.4) is 0 Å². The molecule has 7 heteroatoms. The lowest BCUT2D eigenvalue weighted by Crippen LogP contribution is -2.48. The van der Waals surface area contributed by atoms with Crippen LogP contribution in [0.4, 0.5) is 4.79 Å². The minimum atomic E-state index is -0.456. The molecule has 1 amide bonds. The lowest BCUT2D eigenvalue weighted by Gasteiger charge is -2.32. The minimum absolute atomic E-state index is 0.191. The summed E-state index contributed by atoms with van der Waals surface area (Å²) in [5.41, 5.74) is -0.456. The van der Waals surface area contributed by atoms with Crippen LogP contribution in [0.25, 0.3) is 0 Å². The van der Waals surface area contributed by atoms with Gasteiger partial charge in [-0.1, -0.05) is 0 Å². The van der Waals surface area contributed by atoms with Crippen LogP contribution in [0, 0.1) is 0 Å². The van der Waals surface area contributed by atoms with E-state index in [1.807, 2.05) is 27.8 Å². The third-order valence-electron chi connectivity index (χ3n) is 5.22. The molecule has 1 aliphatic rings. The number of ether oxygens (including phenoxy) is 1. The SMILES string of the molecule is CN=C(NCCCN(C(C)C)C(C)C)NC1CCC(NC(=O)OC(C)(C)C)CC1. The average Bonchev–Trinajstić information content (AvgIpc) is 2.59. The smallest absolute Gasteiger partial charge is 0.407 e. The first-order valence-corrected chi connectivity index (χ1v) is 11.2. The predicted octanol–water partition coefficient (Wildman–Crippen LogP) is 3.50. The summed E-state index contributed by atoms with van der Waals surface area (Å²) in [4.78, 5) is 18.8. The fraction of sp³-hybridized carbons (Fsp3) is 0.909. The van der Waals surface area contributed by atoms with Gasteiger partial charge in [-0.2, -0.15) is 0 Å². The van der Waals surface area contributed by atoms with Gasteiger partial charge >= 0.3 is 6.09 Å². The number of guanidine groups is 1. The van der Waals surface area contributed by atoms with Crippen molar-refractivity contribution >= 4 is 12.1 Å². The van der Waals surface area contributed by atoms with E-state index in [-0.39, 0.29) is 12.1 Å². The highest BCUT2D eigenvalue weighted by atomic mass is 16.6. The molecule has 0 unspecified atom stereocenters. The number of carbonyl (C=O) groups is 1. The van der Waals surface area contributed by atoms with Crippen molar-refractivity contribution in [3.63, 3.8) is 0 Å². The van der Waals surface area contributed by atoms with Crippen LogP contribution >= 0.6 is 0 Å². The maximum Gasteiger partial charge on any atom is 0.407 e. The molecule has 1 rings (SSSR count). The van der Waals surface area contributed by atoms with Crippen molar-refractivity contribution < 1.29 is 9.53 Å². The second kappa shape index (κ2) is 12.3. The van der Waals surface area contributed by atoms with Crippen molar-refractivity contribution in [2.45, 2.75) is 110 Å². The van der Waals surface area contributed by atoms with Gasteiger partial charge < -0.3 is 20.7 Å². The third kappa shape index (κ3) is 10.7. The Kier molecular flexibility index (Phi) is 10.8. The number of aliphatic imine (C=N–C) groups is 1. The van der Waals surface area contributed by atoms with E-state index in [1.54, 1.807) is 0 Å². The molecule has 0 saturated heterocycles. The Hall–Kier alpha value is -1.50. The number of hydrogen-bond donors (Lipinski definition) is 3. The monoisotopic (exact) mass is 411 g/mol. The summed E-state index contributed by atoms with van der Waals surface area (Å²) in [5.74, 6) is 0.870. The average molecular weight is 412 g/mol. The zero-order chi connectivity index (χ0) is 22.0. The number of nitrogens with zero attached hydrogens (tertiary/aromatic N) is 2. The molecule has 0 aliphatic heterocycles. The summed E-state index contributed by atoms with van der Waals surface area (Å²) >= 11 is 0. The highest BCUT2D eigenvalue weighted by Crippen LogP contribution is 2.19. The van der Waals surface area contributed by atoms with Gasteiger partial charge in [-0.15, -0.1) is 0 Å². The first-order valence-electron chi connectivity index (χ1n) is 11.2. The molecule has 1 fully saturated rings. The van der Waals surface area contributed by atoms with Crippen molar-refractivity contribution in [2.75, 3.05) is 20.1 Å². The predicted molar refractivity (Wildman–Crippen MR) is 122 cm³/mol. The van der Waals surface area contributed by atoms with E-state index in [4.69, 9.17) is 4.74 Å². The molecule has 0 aromatic rings. The number of rotatable bonds is 8. The largest absolute Gasteiger partial charge is 0.444 e. The normalized spacial score (nSPS) is 20.9. The van der Waals surface area contributed by atoms with Gasteiger partial charge in [-0.05, 0) is 80.6 Å². The number of nitrogens with one attached hydrogen (secondary N) is 3. The standard InChI is InChI=1S/C22H45N5O2/c1-16(2)27(17(3)4)15-9-14-24-20(23-8)25-18-10-12-19(13-11-18)26-21(28)29-22(5,6)7/h16-19H,9-15H2,1-8H3,(H,26,28)(H2,23,24,25). The van der Waals surface area contributed by atoms with Gasteiger partial charge in [0.05, 0.1) is 0 Å². The Balaban J connectivity index is 2.29. The van der Waals surface area contributed by atoms with Crippen LogP contribution in [0.2, 0.25) is 0 Å². The van der Waals surface area contributed by atoms with Crippen molar-refractivity contribution in [3.05, 3.63) is 0 Å². The number of hydrogen-bond acceptors (Lipinski definition) is 4. The van der Waals surface area contributed by atoms with E-state index < -0.39 is 5.60 Å². The van der Waals surface area contributed by atoms with Gasteiger partial charge in [0.15, 0.2) is 5.96 Å². The van der Waals surface area contributed by atoms with Crippen LogP contribution in [-0.2, 0) is 4.74 Å². The summed E-state index contributed by atoms with van der Waals surface area (Å²) in [5, 5.41) is 9.97.